The number of hydrogen-bond donors (Lipinski definition) is 0. The number of unbranched alkanes of at least 4 members (excludes halogenated alkanes) is 13. The fourth-order valence-corrected chi connectivity index (χ4v) is 6.64. The van der Waals surface area contributed by atoms with Crippen molar-refractivity contribution in [3.05, 3.63) is 0 Å². The van der Waals surface area contributed by atoms with Gasteiger partial charge in [0, 0.05) is 31.2 Å². The van der Waals surface area contributed by atoms with Crippen LogP contribution < -0.4 is 0 Å². The fourth-order valence-electron chi connectivity index (χ4n) is 3.56. The van der Waals surface area contributed by atoms with E-state index in [1.54, 1.807) is 0 Å². The van der Waals surface area contributed by atoms with Crippen LogP contribution in [0.1, 0.15) is 111 Å². The summed E-state index contributed by atoms with van der Waals surface area (Å²) in [5.74, 6) is 0. The molecule has 0 aliphatic carbocycles. The highest BCUT2D eigenvalue weighted by Gasteiger charge is 2.39. The number of alkyl halides is 1. The molecule has 0 unspecified atom stereocenters. The molecule has 0 aliphatic heterocycles. The van der Waals surface area contributed by atoms with E-state index in [4.69, 9.17) is 13.3 Å². The maximum atomic E-state index is 5.92. The Balaban J connectivity index is 3.49. The molecule has 0 fully saturated rings. The van der Waals surface area contributed by atoms with Crippen LogP contribution in [0.15, 0.2) is 0 Å². The Labute approximate surface area is 179 Å². The Morgan fingerprint density at radius 2 is 0.778 bits per heavy atom. The number of rotatable bonds is 22. The summed E-state index contributed by atoms with van der Waals surface area (Å²) in [5.41, 5.74) is 0. The van der Waals surface area contributed by atoms with E-state index in [-0.39, 0.29) is 0 Å². The van der Waals surface area contributed by atoms with Crippen molar-refractivity contribution in [1.82, 2.24) is 0 Å². The lowest BCUT2D eigenvalue weighted by Gasteiger charge is -2.28. The molecule has 3 nitrogen and oxygen atoms in total. The second kappa shape index (κ2) is 21.3. The average molecular weight is 468 g/mol. The van der Waals surface area contributed by atoms with E-state index < -0.39 is 8.80 Å². The van der Waals surface area contributed by atoms with Crippen LogP contribution in [0.2, 0.25) is 6.04 Å². The van der Waals surface area contributed by atoms with Gasteiger partial charge < -0.3 is 13.3 Å². The normalized spacial score (nSPS) is 12.0. The maximum absolute atomic E-state index is 5.92. The topological polar surface area (TPSA) is 27.7 Å². The molecule has 0 radical (unpaired) electrons. The van der Waals surface area contributed by atoms with Gasteiger partial charge >= 0.3 is 8.80 Å². The monoisotopic (exact) mass is 466 g/mol. The smallest absolute Gasteiger partial charge is 0.374 e. The molecule has 5 heteroatoms. The molecular formula is C22H47BrO3Si. The standard InChI is InChI=1S/C22H47BrO3Si/c1-4-24-27(25-5-2,26-6-3)22-20-18-16-14-12-10-8-7-9-11-13-15-17-19-21-23/h4-22H2,1-3H3. The van der Waals surface area contributed by atoms with Gasteiger partial charge in [-0.15, -0.1) is 0 Å². The van der Waals surface area contributed by atoms with E-state index in [1.807, 2.05) is 20.8 Å². The van der Waals surface area contributed by atoms with Gasteiger partial charge in [-0.25, -0.2) is 0 Å². The zero-order chi connectivity index (χ0) is 20.1. The minimum Gasteiger partial charge on any atom is -0.374 e. The molecule has 164 valence electrons. The Bertz CT molecular complexity index is 276. The van der Waals surface area contributed by atoms with Gasteiger partial charge in [-0.3, -0.25) is 0 Å². The molecule has 27 heavy (non-hydrogen) atoms. The third-order valence-electron chi connectivity index (χ3n) is 4.96. The van der Waals surface area contributed by atoms with Gasteiger partial charge in [0.1, 0.15) is 0 Å². The van der Waals surface area contributed by atoms with Gasteiger partial charge in [0.2, 0.25) is 0 Å². The Morgan fingerprint density at radius 1 is 0.481 bits per heavy atom. The van der Waals surface area contributed by atoms with Crippen molar-refractivity contribution in [2.75, 3.05) is 25.2 Å². The predicted octanol–water partition coefficient (Wildman–Crippen LogP) is 7.89. The molecule has 0 aromatic carbocycles. The van der Waals surface area contributed by atoms with Crippen molar-refractivity contribution in [1.29, 1.82) is 0 Å². The van der Waals surface area contributed by atoms with Crippen molar-refractivity contribution >= 4 is 24.7 Å². The van der Waals surface area contributed by atoms with Gasteiger partial charge in [0.05, 0.1) is 0 Å². The Morgan fingerprint density at radius 3 is 1.07 bits per heavy atom. The largest absolute Gasteiger partial charge is 0.500 e. The second-order valence-electron chi connectivity index (χ2n) is 7.37. The van der Waals surface area contributed by atoms with E-state index in [1.165, 1.54) is 95.2 Å². The van der Waals surface area contributed by atoms with Crippen molar-refractivity contribution < 1.29 is 13.3 Å². The highest BCUT2D eigenvalue weighted by Crippen LogP contribution is 2.21. The first-order valence-corrected chi connectivity index (χ1v) is 14.8. The first-order chi connectivity index (χ1) is 13.2. The molecular weight excluding hydrogens is 420 g/mol. The molecule has 0 saturated carbocycles. The maximum Gasteiger partial charge on any atom is 0.500 e. The molecule has 0 rings (SSSR count). The van der Waals surface area contributed by atoms with Crippen molar-refractivity contribution in [3.63, 3.8) is 0 Å². The molecule has 0 saturated heterocycles. The highest BCUT2D eigenvalue weighted by molar-refractivity contribution is 9.09. The lowest BCUT2D eigenvalue weighted by atomic mass is 10.0. The van der Waals surface area contributed by atoms with Crippen LogP contribution in [0.5, 0.6) is 0 Å². The zero-order valence-electron chi connectivity index (χ0n) is 18.5. The Hall–Kier alpha value is 0.577. The summed E-state index contributed by atoms with van der Waals surface area (Å²) in [5, 5.41) is 1.17. The fraction of sp³-hybridized carbons (Fsp3) is 1.00. The first kappa shape index (κ1) is 27.6. The van der Waals surface area contributed by atoms with E-state index in [2.05, 4.69) is 15.9 Å². The summed E-state index contributed by atoms with van der Waals surface area (Å²) in [4.78, 5) is 0. The number of halogens is 1. The molecule has 0 N–H and O–H groups in total. The van der Waals surface area contributed by atoms with Crippen LogP contribution in [0.3, 0.4) is 0 Å². The third-order valence-corrected chi connectivity index (χ3v) is 8.67. The zero-order valence-corrected chi connectivity index (χ0v) is 21.1. The average Bonchev–Trinajstić information content (AvgIpc) is 2.65. The van der Waals surface area contributed by atoms with E-state index in [0.717, 1.165) is 6.04 Å². The summed E-state index contributed by atoms with van der Waals surface area (Å²) in [7, 11) is -2.40. The summed E-state index contributed by atoms with van der Waals surface area (Å²) in [6.07, 6.45) is 19.3. The van der Waals surface area contributed by atoms with Crippen LogP contribution in [0, 0.1) is 0 Å². The third kappa shape index (κ3) is 17.2. The van der Waals surface area contributed by atoms with Gasteiger partial charge in [-0.1, -0.05) is 93.0 Å². The van der Waals surface area contributed by atoms with E-state index >= 15 is 0 Å². The molecule has 0 aromatic heterocycles. The van der Waals surface area contributed by atoms with E-state index in [9.17, 15) is 0 Å². The van der Waals surface area contributed by atoms with Crippen LogP contribution in [-0.4, -0.2) is 34.0 Å². The van der Waals surface area contributed by atoms with Crippen LogP contribution in [-0.2, 0) is 13.3 Å². The molecule has 0 bridgehead atoms. The van der Waals surface area contributed by atoms with Crippen molar-refractivity contribution in [3.8, 4) is 0 Å². The van der Waals surface area contributed by atoms with Crippen molar-refractivity contribution in [2.45, 2.75) is 117 Å². The predicted molar refractivity (Wildman–Crippen MR) is 124 cm³/mol. The summed E-state index contributed by atoms with van der Waals surface area (Å²) < 4.78 is 17.8. The second-order valence-corrected chi connectivity index (χ2v) is 10.9. The van der Waals surface area contributed by atoms with Crippen molar-refractivity contribution in [2.24, 2.45) is 0 Å². The molecule has 0 amide bonds. The molecule has 0 aromatic rings. The molecule has 0 atom stereocenters. The summed E-state index contributed by atoms with van der Waals surface area (Å²) >= 11 is 3.50. The summed E-state index contributed by atoms with van der Waals surface area (Å²) in [6.45, 7) is 8.15. The lowest BCUT2D eigenvalue weighted by Crippen LogP contribution is -2.45. The minimum absolute atomic E-state index is 0.684. The van der Waals surface area contributed by atoms with Crippen LogP contribution in [0.25, 0.3) is 0 Å². The summed E-state index contributed by atoms with van der Waals surface area (Å²) in [6, 6.07) is 0.970. The highest BCUT2D eigenvalue weighted by atomic mass is 79.9. The van der Waals surface area contributed by atoms with Gasteiger partial charge in [-0.2, -0.15) is 0 Å². The molecule has 0 heterocycles. The van der Waals surface area contributed by atoms with Crippen LogP contribution >= 0.6 is 15.9 Å². The molecule has 0 aliphatic rings. The van der Waals surface area contributed by atoms with Gasteiger partial charge in [-0.05, 0) is 33.6 Å². The first-order valence-electron chi connectivity index (χ1n) is 11.7. The number of hydrogen-bond acceptors (Lipinski definition) is 3. The minimum atomic E-state index is -2.40. The van der Waals surface area contributed by atoms with E-state index in [0.29, 0.717) is 19.8 Å². The Kier molecular flexibility index (Phi) is 21.7. The van der Waals surface area contributed by atoms with Crippen LogP contribution in [0.4, 0.5) is 0 Å². The SMILES string of the molecule is CCO[Si](CCCCCCCCCCCCCCCCBr)(OCC)OCC. The quantitative estimate of drug-likeness (QED) is 0.0920. The van der Waals surface area contributed by atoms with Gasteiger partial charge in [0.25, 0.3) is 0 Å². The molecule has 0 spiro atoms. The van der Waals surface area contributed by atoms with Gasteiger partial charge in [0.15, 0.2) is 0 Å². The lowest BCUT2D eigenvalue weighted by molar-refractivity contribution is 0.0706.